The van der Waals surface area contributed by atoms with Crippen molar-refractivity contribution in [3.63, 3.8) is 0 Å². The molecule has 1 saturated heterocycles. The van der Waals surface area contributed by atoms with Gasteiger partial charge in [-0.15, -0.1) is 0 Å². The number of aliphatic hydroxyl groups excluding tert-OH is 1. The quantitative estimate of drug-likeness (QED) is 0.635. The Kier molecular flexibility index (Phi) is 4.54. The highest BCUT2D eigenvalue weighted by molar-refractivity contribution is 5.82. The van der Waals surface area contributed by atoms with Gasteiger partial charge in [-0.2, -0.15) is 0 Å². The van der Waals surface area contributed by atoms with E-state index in [1.807, 2.05) is 6.92 Å². The minimum Gasteiger partial charge on any atom is -0.480 e. The molecule has 1 heterocycles. The van der Waals surface area contributed by atoms with Crippen molar-refractivity contribution in [3.8, 4) is 0 Å². The topological polar surface area (TPSA) is 89.9 Å². The van der Waals surface area contributed by atoms with Crippen LogP contribution < -0.4 is 5.32 Å². The maximum atomic E-state index is 11.6. The van der Waals surface area contributed by atoms with Crippen molar-refractivity contribution in [1.82, 2.24) is 10.2 Å². The number of β-amino-alcohol motifs (C(OH)–C–C–N with tert-alkyl or cyclic N) is 1. The van der Waals surface area contributed by atoms with Gasteiger partial charge in [0.1, 0.15) is 6.04 Å². The molecule has 6 heteroatoms. The number of carboxylic acids is 1. The summed E-state index contributed by atoms with van der Waals surface area (Å²) in [5.41, 5.74) is 0. The lowest BCUT2D eigenvalue weighted by Crippen LogP contribution is -2.47. The maximum Gasteiger partial charge on any atom is 0.326 e. The fraction of sp³-hybridized carbons (Fsp3) is 0.800. The third-order valence-electron chi connectivity index (χ3n) is 2.62. The number of carboxylic acid groups (broad SMARTS) is 1. The first-order valence-electron chi connectivity index (χ1n) is 5.51. The zero-order valence-corrected chi connectivity index (χ0v) is 9.35. The summed E-state index contributed by atoms with van der Waals surface area (Å²) in [5.74, 6) is -1.02. The lowest BCUT2D eigenvalue weighted by atomic mass is 10.2. The average Bonchev–Trinajstić information content (AvgIpc) is 2.64. The molecule has 3 N–H and O–H groups in total. The van der Waals surface area contributed by atoms with Crippen LogP contribution >= 0.6 is 0 Å². The molecule has 16 heavy (non-hydrogen) atoms. The van der Waals surface area contributed by atoms with Crippen LogP contribution in [-0.2, 0) is 4.79 Å². The van der Waals surface area contributed by atoms with E-state index in [0.29, 0.717) is 25.8 Å². The maximum absolute atomic E-state index is 11.6. The number of hydrogen-bond donors (Lipinski definition) is 3. The monoisotopic (exact) mass is 230 g/mol. The number of carbonyl (C=O) groups is 2. The number of nitrogens with zero attached hydrogens (tertiary/aromatic N) is 1. The number of aliphatic carboxylic acids is 1. The summed E-state index contributed by atoms with van der Waals surface area (Å²) in [7, 11) is 0. The van der Waals surface area contributed by atoms with Crippen LogP contribution in [0.3, 0.4) is 0 Å². The Hall–Kier alpha value is -1.30. The summed E-state index contributed by atoms with van der Waals surface area (Å²) in [4.78, 5) is 23.9. The van der Waals surface area contributed by atoms with Crippen LogP contribution in [0.25, 0.3) is 0 Å². The molecule has 1 rings (SSSR count). The van der Waals surface area contributed by atoms with Crippen LogP contribution in [-0.4, -0.2) is 52.3 Å². The molecule has 2 atom stereocenters. The highest BCUT2D eigenvalue weighted by Gasteiger charge is 2.27. The van der Waals surface area contributed by atoms with Crippen molar-refractivity contribution >= 4 is 12.0 Å². The molecule has 0 aromatic rings. The van der Waals surface area contributed by atoms with Crippen LogP contribution in [0.4, 0.5) is 4.79 Å². The molecule has 2 unspecified atom stereocenters. The molecule has 1 aliphatic rings. The summed E-state index contributed by atoms with van der Waals surface area (Å²) in [6.07, 6.45) is 1.18. The van der Waals surface area contributed by atoms with Crippen molar-refractivity contribution in [1.29, 1.82) is 0 Å². The van der Waals surface area contributed by atoms with Gasteiger partial charge < -0.3 is 20.4 Å². The van der Waals surface area contributed by atoms with E-state index < -0.39 is 24.1 Å². The van der Waals surface area contributed by atoms with Gasteiger partial charge in [0, 0.05) is 13.1 Å². The third kappa shape index (κ3) is 3.37. The molecule has 92 valence electrons. The zero-order chi connectivity index (χ0) is 12.1. The van der Waals surface area contributed by atoms with Crippen molar-refractivity contribution in [2.45, 2.75) is 38.3 Å². The molecule has 0 saturated carbocycles. The number of nitrogens with one attached hydrogen (secondary N) is 1. The molecule has 0 radical (unpaired) electrons. The van der Waals surface area contributed by atoms with E-state index >= 15 is 0 Å². The average molecular weight is 230 g/mol. The van der Waals surface area contributed by atoms with E-state index in [9.17, 15) is 14.7 Å². The van der Waals surface area contributed by atoms with Crippen LogP contribution in [0.5, 0.6) is 0 Å². The molecule has 0 bridgehead atoms. The molecular formula is C10H18N2O4. The van der Waals surface area contributed by atoms with Crippen LogP contribution in [0, 0.1) is 0 Å². The number of amides is 2. The van der Waals surface area contributed by atoms with E-state index in [-0.39, 0.29) is 6.54 Å². The molecule has 2 amide bonds. The highest BCUT2D eigenvalue weighted by Crippen LogP contribution is 2.09. The largest absolute Gasteiger partial charge is 0.480 e. The van der Waals surface area contributed by atoms with Gasteiger partial charge in [0.05, 0.1) is 6.10 Å². The predicted octanol–water partition coefficient (Wildman–Crippen LogP) is 0.0159. The van der Waals surface area contributed by atoms with Gasteiger partial charge in [0.25, 0.3) is 0 Å². The summed E-state index contributed by atoms with van der Waals surface area (Å²) >= 11 is 0. The minimum atomic E-state index is -1.02. The van der Waals surface area contributed by atoms with Crippen LogP contribution in [0.15, 0.2) is 0 Å². The van der Waals surface area contributed by atoms with Gasteiger partial charge in [0.2, 0.25) is 0 Å². The summed E-state index contributed by atoms with van der Waals surface area (Å²) in [6, 6.07) is -1.24. The molecule has 0 spiro atoms. The van der Waals surface area contributed by atoms with Gasteiger partial charge in [0.15, 0.2) is 0 Å². The number of urea groups is 1. The van der Waals surface area contributed by atoms with Crippen LogP contribution in [0.2, 0.25) is 0 Å². The first-order chi connectivity index (χ1) is 7.54. The Balaban J connectivity index is 2.45. The molecule has 0 aromatic carbocycles. The summed E-state index contributed by atoms with van der Waals surface area (Å²) < 4.78 is 0. The van der Waals surface area contributed by atoms with Crippen molar-refractivity contribution in [3.05, 3.63) is 0 Å². The van der Waals surface area contributed by atoms with Crippen molar-refractivity contribution in [2.75, 3.05) is 13.1 Å². The number of likely N-dealkylation sites (tertiary alicyclic amines) is 1. The van der Waals surface area contributed by atoms with Gasteiger partial charge in [-0.05, 0) is 12.8 Å². The fourth-order valence-electron chi connectivity index (χ4n) is 1.71. The smallest absolute Gasteiger partial charge is 0.326 e. The summed E-state index contributed by atoms with van der Waals surface area (Å²) in [6.45, 7) is 2.62. The van der Waals surface area contributed by atoms with E-state index in [2.05, 4.69) is 5.32 Å². The zero-order valence-electron chi connectivity index (χ0n) is 9.35. The Bertz CT molecular complexity index is 270. The van der Waals surface area contributed by atoms with Gasteiger partial charge in [-0.25, -0.2) is 9.59 Å². The standard InChI is InChI=1S/C10H18N2O4/c1-2-3-8(9(14)15)11-10(16)12-5-4-7(13)6-12/h7-8,13H,2-6H2,1H3,(H,11,16)(H,14,15). The fourth-order valence-corrected chi connectivity index (χ4v) is 1.71. The van der Waals surface area contributed by atoms with Crippen LogP contribution in [0.1, 0.15) is 26.2 Å². The first-order valence-corrected chi connectivity index (χ1v) is 5.51. The van der Waals surface area contributed by atoms with Gasteiger partial charge in [-0.3, -0.25) is 0 Å². The van der Waals surface area contributed by atoms with Gasteiger partial charge >= 0.3 is 12.0 Å². The number of carbonyl (C=O) groups excluding carboxylic acids is 1. The Morgan fingerprint density at radius 1 is 1.56 bits per heavy atom. The lowest BCUT2D eigenvalue weighted by molar-refractivity contribution is -0.139. The highest BCUT2D eigenvalue weighted by atomic mass is 16.4. The molecule has 1 aliphatic heterocycles. The SMILES string of the molecule is CCCC(NC(=O)N1CCC(O)C1)C(=O)O. The van der Waals surface area contributed by atoms with E-state index in [4.69, 9.17) is 5.11 Å². The summed E-state index contributed by atoms with van der Waals surface area (Å²) in [5, 5.41) is 20.6. The van der Waals surface area contributed by atoms with Gasteiger partial charge in [-0.1, -0.05) is 13.3 Å². The predicted molar refractivity (Wildman–Crippen MR) is 57.1 cm³/mol. The Morgan fingerprint density at radius 2 is 2.25 bits per heavy atom. The second-order valence-electron chi connectivity index (χ2n) is 4.02. The Labute approximate surface area is 94.2 Å². The lowest BCUT2D eigenvalue weighted by Gasteiger charge is -2.20. The molecule has 0 aromatic heterocycles. The van der Waals surface area contributed by atoms with E-state index in [1.165, 1.54) is 4.90 Å². The van der Waals surface area contributed by atoms with Crippen molar-refractivity contribution in [2.24, 2.45) is 0 Å². The first kappa shape index (κ1) is 12.8. The molecule has 0 aliphatic carbocycles. The second-order valence-corrected chi connectivity index (χ2v) is 4.02. The number of aliphatic hydroxyl groups is 1. The second kappa shape index (κ2) is 5.69. The van der Waals surface area contributed by atoms with Crippen molar-refractivity contribution < 1.29 is 19.8 Å². The normalized spacial score (nSPS) is 21.9. The van der Waals surface area contributed by atoms with E-state index in [0.717, 1.165) is 0 Å². The Morgan fingerprint density at radius 3 is 2.69 bits per heavy atom. The molecular weight excluding hydrogens is 212 g/mol. The number of rotatable bonds is 4. The van der Waals surface area contributed by atoms with E-state index in [1.54, 1.807) is 0 Å². The number of hydrogen-bond acceptors (Lipinski definition) is 3. The molecule has 6 nitrogen and oxygen atoms in total. The molecule has 1 fully saturated rings. The minimum absolute atomic E-state index is 0.282. The third-order valence-corrected chi connectivity index (χ3v) is 2.62.